The van der Waals surface area contributed by atoms with E-state index in [0.717, 1.165) is 16.9 Å². The molecule has 0 bridgehead atoms. The van der Waals surface area contributed by atoms with Crippen LogP contribution in [-0.4, -0.2) is 68.4 Å². The van der Waals surface area contributed by atoms with Crippen molar-refractivity contribution in [2.24, 2.45) is 5.92 Å². The number of halogens is 5. The highest BCUT2D eigenvalue weighted by molar-refractivity contribution is 7.86. The van der Waals surface area contributed by atoms with Crippen LogP contribution in [0.3, 0.4) is 0 Å². The second kappa shape index (κ2) is 14.1. The lowest BCUT2D eigenvalue weighted by molar-refractivity contribution is -0.134. The van der Waals surface area contributed by atoms with E-state index in [1.807, 2.05) is 0 Å². The number of amides is 1. The fourth-order valence-electron chi connectivity index (χ4n) is 5.50. The average molecular weight is 639 g/mol. The number of aryl methyl sites for hydroxylation is 1. The largest absolute Gasteiger partial charge is 0.402 e. The standard InChI is InChI=1S/C31H35F5N4O3S/c1-21(29(23-7-12-25(32)13-8-23)24-9-14-26(33)15-10-24)30(41)38-28-6-4-3-5-22(28)11-16-27-19-37-17-18-40(27)44(42,43)39(2)20-31(34,35)36/h3-10,12-15,21,27,29,37H,11,16-20H2,1-2H3,(H,38,41)/t21-,27-/m0/s1. The van der Waals surface area contributed by atoms with Gasteiger partial charge in [-0.05, 0) is 59.9 Å². The Morgan fingerprint density at radius 3 is 2.14 bits per heavy atom. The van der Waals surface area contributed by atoms with Crippen LogP contribution in [0.15, 0.2) is 72.8 Å². The molecule has 0 aliphatic carbocycles. The molecule has 1 aliphatic rings. The van der Waals surface area contributed by atoms with Crippen LogP contribution in [0.2, 0.25) is 0 Å². The van der Waals surface area contributed by atoms with E-state index < -0.39 is 52.4 Å². The molecule has 238 valence electrons. The number of hydrogen-bond acceptors (Lipinski definition) is 4. The van der Waals surface area contributed by atoms with Crippen LogP contribution in [-0.2, 0) is 21.4 Å². The first-order valence-corrected chi connectivity index (χ1v) is 15.6. The first kappa shape index (κ1) is 33.5. The second-order valence-electron chi connectivity index (χ2n) is 10.9. The highest BCUT2D eigenvalue weighted by Gasteiger charge is 2.40. The Kier molecular flexibility index (Phi) is 10.8. The summed E-state index contributed by atoms with van der Waals surface area (Å²) in [6.45, 7) is 0.739. The van der Waals surface area contributed by atoms with Crippen LogP contribution < -0.4 is 10.6 Å². The Bertz CT molecular complexity index is 1470. The van der Waals surface area contributed by atoms with Crippen molar-refractivity contribution < 1.29 is 35.2 Å². The molecule has 3 aromatic rings. The van der Waals surface area contributed by atoms with Gasteiger partial charge in [0.25, 0.3) is 10.2 Å². The lowest BCUT2D eigenvalue weighted by atomic mass is 9.81. The predicted molar refractivity (Wildman–Crippen MR) is 158 cm³/mol. The summed E-state index contributed by atoms with van der Waals surface area (Å²) < 4.78 is 93.7. The summed E-state index contributed by atoms with van der Waals surface area (Å²) in [5.41, 5.74) is 2.58. The number of carbonyl (C=O) groups is 1. The van der Waals surface area contributed by atoms with Crippen LogP contribution in [0.4, 0.5) is 27.6 Å². The third-order valence-corrected chi connectivity index (χ3v) is 9.77. The van der Waals surface area contributed by atoms with Crippen molar-refractivity contribution in [2.75, 3.05) is 38.5 Å². The Balaban J connectivity index is 1.51. The summed E-state index contributed by atoms with van der Waals surface area (Å²) in [5.74, 6) is -2.36. The Morgan fingerprint density at radius 1 is 1.00 bits per heavy atom. The lowest BCUT2D eigenvalue weighted by Gasteiger charge is -2.37. The lowest BCUT2D eigenvalue weighted by Crippen LogP contribution is -2.57. The molecule has 1 amide bonds. The van der Waals surface area contributed by atoms with Crippen molar-refractivity contribution in [2.45, 2.75) is 37.9 Å². The van der Waals surface area contributed by atoms with Gasteiger partial charge in [-0.15, -0.1) is 0 Å². The quantitative estimate of drug-likeness (QED) is 0.279. The van der Waals surface area contributed by atoms with Crippen molar-refractivity contribution in [3.63, 3.8) is 0 Å². The van der Waals surface area contributed by atoms with Crippen LogP contribution in [0.5, 0.6) is 0 Å². The van der Waals surface area contributed by atoms with Crippen molar-refractivity contribution >= 4 is 21.8 Å². The molecule has 1 aliphatic heterocycles. The molecule has 0 unspecified atom stereocenters. The first-order chi connectivity index (χ1) is 20.8. The zero-order valence-electron chi connectivity index (χ0n) is 24.3. The van der Waals surface area contributed by atoms with E-state index >= 15 is 0 Å². The number of nitrogens with zero attached hydrogens (tertiary/aromatic N) is 2. The highest BCUT2D eigenvalue weighted by atomic mass is 32.2. The summed E-state index contributed by atoms with van der Waals surface area (Å²) >= 11 is 0. The average Bonchev–Trinajstić information content (AvgIpc) is 2.98. The van der Waals surface area contributed by atoms with Crippen LogP contribution >= 0.6 is 0 Å². The minimum Gasteiger partial charge on any atom is -0.326 e. The SMILES string of the molecule is C[C@H](C(=O)Nc1ccccc1CC[C@H]1CNCCN1S(=O)(=O)N(C)CC(F)(F)F)C(c1ccc(F)cc1)c1ccc(F)cc1. The predicted octanol–water partition coefficient (Wildman–Crippen LogP) is 5.32. The molecule has 0 saturated carbocycles. The van der Waals surface area contributed by atoms with Gasteiger partial charge in [-0.3, -0.25) is 4.79 Å². The first-order valence-electron chi connectivity index (χ1n) is 14.2. The molecule has 1 saturated heterocycles. The summed E-state index contributed by atoms with van der Waals surface area (Å²) in [6.07, 6.45) is -4.04. The van der Waals surface area contributed by atoms with Crippen molar-refractivity contribution in [3.8, 4) is 0 Å². The third kappa shape index (κ3) is 8.40. The van der Waals surface area contributed by atoms with Gasteiger partial charge in [0.2, 0.25) is 5.91 Å². The topological polar surface area (TPSA) is 81.8 Å². The zero-order valence-corrected chi connectivity index (χ0v) is 25.1. The summed E-state index contributed by atoms with van der Waals surface area (Å²) in [6, 6.07) is 18.0. The third-order valence-electron chi connectivity index (χ3n) is 7.78. The fourth-order valence-corrected chi connectivity index (χ4v) is 7.04. The number of para-hydroxylation sites is 1. The van der Waals surface area contributed by atoms with Crippen molar-refractivity contribution in [1.29, 1.82) is 0 Å². The van der Waals surface area contributed by atoms with E-state index in [0.29, 0.717) is 40.5 Å². The number of nitrogens with one attached hydrogen (secondary N) is 2. The van der Waals surface area contributed by atoms with Gasteiger partial charge >= 0.3 is 6.18 Å². The molecule has 3 aromatic carbocycles. The molecule has 2 N–H and O–H groups in total. The van der Waals surface area contributed by atoms with Gasteiger partial charge in [0.05, 0.1) is 0 Å². The van der Waals surface area contributed by atoms with E-state index in [9.17, 15) is 35.2 Å². The smallest absolute Gasteiger partial charge is 0.326 e. The maximum atomic E-state index is 13.7. The Hall–Kier alpha value is -3.39. The number of benzene rings is 3. The summed E-state index contributed by atoms with van der Waals surface area (Å²) in [5, 5.41) is 6.07. The van der Waals surface area contributed by atoms with Crippen LogP contribution in [0, 0.1) is 17.6 Å². The van der Waals surface area contributed by atoms with Crippen LogP contribution in [0.25, 0.3) is 0 Å². The highest BCUT2D eigenvalue weighted by Crippen LogP contribution is 2.34. The molecule has 0 aromatic heterocycles. The van der Waals surface area contributed by atoms with E-state index in [1.54, 1.807) is 55.5 Å². The Morgan fingerprint density at radius 2 is 1.57 bits per heavy atom. The van der Waals surface area contributed by atoms with Gasteiger partial charge in [-0.1, -0.05) is 49.4 Å². The Labute approximate surface area is 254 Å². The molecule has 4 rings (SSSR count). The number of rotatable bonds is 11. The van der Waals surface area contributed by atoms with Crippen molar-refractivity contribution in [3.05, 3.63) is 101 Å². The molecule has 1 heterocycles. The second-order valence-corrected chi connectivity index (χ2v) is 12.9. The molecule has 0 radical (unpaired) electrons. The van der Waals surface area contributed by atoms with Crippen molar-refractivity contribution in [1.82, 2.24) is 13.9 Å². The van der Waals surface area contributed by atoms with E-state index in [4.69, 9.17) is 0 Å². The van der Waals surface area contributed by atoms with E-state index in [2.05, 4.69) is 10.6 Å². The maximum Gasteiger partial charge on any atom is 0.402 e. The molecule has 44 heavy (non-hydrogen) atoms. The van der Waals surface area contributed by atoms with Crippen LogP contribution in [0.1, 0.15) is 36.0 Å². The molecular formula is C31H35F5N4O3S. The minimum absolute atomic E-state index is 0.0270. The summed E-state index contributed by atoms with van der Waals surface area (Å²) in [7, 11) is -3.45. The van der Waals surface area contributed by atoms with E-state index in [-0.39, 0.29) is 19.0 Å². The zero-order chi connectivity index (χ0) is 32.1. The number of anilines is 1. The molecule has 2 atom stereocenters. The van der Waals surface area contributed by atoms with Gasteiger partial charge in [-0.2, -0.15) is 30.2 Å². The van der Waals surface area contributed by atoms with Gasteiger partial charge < -0.3 is 10.6 Å². The number of piperazine rings is 1. The fraction of sp³-hybridized carbons (Fsp3) is 0.387. The maximum absolute atomic E-state index is 13.7. The van der Waals surface area contributed by atoms with Gasteiger partial charge in [-0.25, -0.2) is 8.78 Å². The van der Waals surface area contributed by atoms with Gasteiger partial charge in [0, 0.05) is 50.2 Å². The number of alkyl halides is 3. The van der Waals surface area contributed by atoms with E-state index in [1.165, 1.54) is 24.3 Å². The molecule has 13 heteroatoms. The molecule has 0 spiro atoms. The monoisotopic (exact) mass is 638 g/mol. The molecule has 1 fully saturated rings. The van der Waals surface area contributed by atoms with Gasteiger partial charge in [0.1, 0.15) is 18.2 Å². The molecule has 7 nitrogen and oxygen atoms in total. The minimum atomic E-state index is -4.67. The normalized spacial score (nSPS) is 17.2. The molecular weight excluding hydrogens is 603 g/mol. The van der Waals surface area contributed by atoms with Gasteiger partial charge in [0.15, 0.2) is 0 Å². The summed E-state index contributed by atoms with van der Waals surface area (Å²) in [4.78, 5) is 13.6. The number of hydrogen-bond donors (Lipinski definition) is 2. The number of carbonyl (C=O) groups excluding carboxylic acids is 1.